The summed E-state index contributed by atoms with van der Waals surface area (Å²) in [5.41, 5.74) is 8.02. The third-order valence-corrected chi connectivity index (χ3v) is 3.28. The molecule has 0 radical (unpaired) electrons. The Morgan fingerprint density at radius 2 is 2.20 bits per heavy atom. The summed E-state index contributed by atoms with van der Waals surface area (Å²) in [6.45, 7) is 6.55. The van der Waals surface area contributed by atoms with Gasteiger partial charge in [0, 0.05) is 19.6 Å². The van der Waals surface area contributed by atoms with Crippen LogP contribution in [0, 0.1) is 6.92 Å². The molecule has 2 rings (SSSR count). The topological polar surface area (TPSA) is 68.2 Å². The number of hydrogen-bond donors (Lipinski definition) is 2. The summed E-state index contributed by atoms with van der Waals surface area (Å²) in [6, 6.07) is 8.17. The van der Waals surface area contributed by atoms with Crippen LogP contribution in [0.2, 0.25) is 0 Å². The fraction of sp³-hybridized carbons (Fsp3) is 0.467. The predicted molar refractivity (Wildman–Crippen MR) is 83.9 cm³/mol. The van der Waals surface area contributed by atoms with E-state index >= 15 is 0 Å². The Morgan fingerprint density at radius 3 is 3.00 bits per heavy atom. The molecule has 1 heterocycles. The summed E-state index contributed by atoms with van der Waals surface area (Å²) in [5, 5.41) is 3.15. The van der Waals surface area contributed by atoms with Crippen LogP contribution in [0.5, 0.6) is 0 Å². The molecule has 0 aliphatic carbocycles. The molecule has 5 heteroatoms. The van der Waals surface area contributed by atoms with Crippen molar-refractivity contribution in [2.24, 2.45) is 10.7 Å². The first-order chi connectivity index (χ1) is 9.72. The van der Waals surface area contributed by atoms with Crippen LogP contribution in [0.3, 0.4) is 0 Å². The molecule has 0 saturated heterocycles. The molecule has 0 unspecified atom stereocenters. The molecule has 0 saturated carbocycles. The van der Waals surface area contributed by atoms with Crippen molar-refractivity contribution >= 4 is 17.0 Å². The quantitative estimate of drug-likeness (QED) is 0.481. The van der Waals surface area contributed by atoms with Crippen LogP contribution in [0.1, 0.15) is 25.6 Å². The maximum Gasteiger partial charge on any atom is 0.188 e. The fourth-order valence-electron chi connectivity index (χ4n) is 2.19. The molecular weight excluding hydrogens is 250 g/mol. The minimum Gasteiger partial charge on any atom is -0.370 e. The fourth-order valence-corrected chi connectivity index (χ4v) is 2.19. The van der Waals surface area contributed by atoms with E-state index < -0.39 is 0 Å². The zero-order valence-corrected chi connectivity index (χ0v) is 12.3. The lowest BCUT2D eigenvalue weighted by atomic mass is 10.3. The van der Waals surface area contributed by atoms with Crippen LogP contribution in [-0.2, 0) is 6.54 Å². The molecular formula is C15H23N5. The molecule has 0 atom stereocenters. The first-order valence-electron chi connectivity index (χ1n) is 7.18. The summed E-state index contributed by atoms with van der Waals surface area (Å²) in [4.78, 5) is 8.82. The minimum atomic E-state index is 0.528. The van der Waals surface area contributed by atoms with E-state index in [0.29, 0.717) is 5.96 Å². The van der Waals surface area contributed by atoms with Gasteiger partial charge >= 0.3 is 0 Å². The number of aryl methyl sites for hydroxylation is 1. The number of guanidine groups is 1. The van der Waals surface area contributed by atoms with Crippen LogP contribution >= 0.6 is 0 Å². The van der Waals surface area contributed by atoms with Gasteiger partial charge in [0.15, 0.2) is 5.96 Å². The third-order valence-electron chi connectivity index (χ3n) is 3.28. The second-order valence-electron chi connectivity index (χ2n) is 4.85. The number of nitrogens with zero attached hydrogens (tertiary/aromatic N) is 3. The number of imidazole rings is 1. The maximum atomic E-state index is 5.82. The monoisotopic (exact) mass is 273 g/mol. The van der Waals surface area contributed by atoms with Gasteiger partial charge in [-0.15, -0.1) is 0 Å². The Labute approximate surface area is 119 Å². The summed E-state index contributed by atoms with van der Waals surface area (Å²) >= 11 is 0. The zero-order valence-electron chi connectivity index (χ0n) is 12.3. The number of aromatic nitrogens is 2. The number of benzene rings is 1. The van der Waals surface area contributed by atoms with Crippen molar-refractivity contribution in [3.05, 3.63) is 30.1 Å². The first-order valence-corrected chi connectivity index (χ1v) is 7.18. The highest BCUT2D eigenvalue weighted by Crippen LogP contribution is 2.14. The Kier molecular flexibility index (Phi) is 4.98. The first kappa shape index (κ1) is 14.4. The van der Waals surface area contributed by atoms with Gasteiger partial charge in [0.1, 0.15) is 5.82 Å². The van der Waals surface area contributed by atoms with Gasteiger partial charge in [-0.05, 0) is 25.5 Å². The number of aliphatic imine (C=N–C) groups is 1. The van der Waals surface area contributed by atoms with Gasteiger partial charge in [0.05, 0.1) is 11.0 Å². The minimum absolute atomic E-state index is 0.528. The highest BCUT2D eigenvalue weighted by molar-refractivity contribution is 5.78. The van der Waals surface area contributed by atoms with E-state index in [0.717, 1.165) is 49.3 Å². The van der Waals surface area contributed by atoms with Gasteiger partial charge in [0.25, 0.3) is 0 Å². The summed E-state index contributed by atoms with van der Waals surface area (Å²) in [6.07, 6.45) is 2.21. The Hall–Kier alpha value is -2.04. The SMILES string of the molecule is CCCCN=C(N)NCCn1c(C)nc2ccccc21. The van der Waals surface area contributed by atoms with Gasteiger partial charge < -0.3 is 15.6 Å². The molecule has 0 aliphatic heterocycles. The average molecular weight is 273 g/mol. The molecule has 0 aliphatic rings. The molecule has 0 amide bonds. The molecule has 0 spiro atoms. The lowest BCUT2D eigenvalue weighted by Gasteiger charge is -2.09. The smallest absolute Gasteiger partial charge is 0.188 e. The van der Waals surface area contributed by atoms with Crippen LogP contribution in [-0.4, -0.2) is 28.6 Å². The van der Waals surface area contributed by atoms with Crippen LogP contribution in [0.15, 0.2) is 29.3 Å². The second-order valence-corrected chi connectivity index (χ2v) is 4.85. The molecule has 5 nitrogen and oxygen atoms in total. The van der Waals surface area contributed by atoms with Gasteiger partial charge in [-0.25, -0.2) is 4.98 Å². The Bertz CT molecular complexity index is 585. The number of unbranched alkanes of at least 4 members (excludes halogenated alkanes) is 1. The van der Waals surface area contributed by atoms with E-state index in [9.17, 15) is 0 Å². The number of rotatable bonds is 6. The van der Waals surface area contributed by atoms with Crippen LogP contribution < -0.4 is 11.1 Å². The molecule has 1 aromatic carbocycles. The van der Waals surface area contributed by atoms with Crippen molar-refractivity contribution < 1.29 is 0 Å². The summed E-state index contributed by atoms with van der Waals surface area (Å²) in [7, 11) is 0. The zero-order chi connectivity index (χ0) is 14.4. The van der Waals surface area contributed by atoms with E-state index in [1.165, 1.54) is 0 Å². The number of fused-ring (bicyclic) bond motifs is 1. The van der Waals surface area contributed by atoms with Crippen LogP contribution in [0.4, 0.5) is 0 Å². The van der Waals surface area contributed by atoms with Crippen LogP contribution in [0.25, 0.3) is 11.0 Å². The normalized spacial score (nSPS) is 12.0. The lowest BCUT2D eigenvalue weighted by molar-refractivity contribution is 0.667. The summed E-state index contributed by atoms with van der Waals surface area (Å²) in [5.74, 6) is 1.55. The predicted octanol–water partition coefficient (Wildman–Crippen LogP) is 2.05. The molecule has 3 N–H and O–H groups in total. The second kappa shape index (κ2) is 6.93. The third kappa shape index (κ3) is 3.50. The van der Waals surface area contributed by atoms with Crippen molar-refractivity contribution in [1.82, 2.24) is 14.9 Å². The number of hydrogen-bond acceptors (Lipinski definition) is 2. The highest BCUT2D eigenvalue weighted by Gasteiger charge is 2.05. The Balaban J connectivity index is 1.93. The van der Waals surface area contributed by atoms with E-state index in [1.807, 2.05) is 25.1 Å². The number of para-hydroxylation sites is 2. The van der Waals surface area contributed by atoms with Crippen molar-refractivity contribution in [2.75, 3.05) is 13.1 Å². The molecule has 108 valence electrons. The van der Waals surface area contributed by atoms with E-state index in [4.69, 9.17) is 5.73 Å². The Morgan fingerprint density at radius 1 is 1.40 bits per heavy atom. The summed E-state index contributed by atoms with van der Waals surface area (Å²) < 4.78 is 2.20. The van der Waals surface area contributed by atoms with Gasteiger partial charge in [-0.2, -0.15) is 0 Å². The van der Waals surface area contributed by atoms with Gasteiger partial charge in [0.2, 0.25) is 0 Å². The molecule has 2 aromatic rings. The maximum absolute atomic E-state index is 5.82. The van der Waals surface area contributed by atoms with Crippen molar-refractivity contribution in [1.29, 1.82) is 0 Å². The van der Waals surface area contributed by atoms with Crippen molar-refractivity contribution in [3.8, 4) is 0 Å². The molecule has 0 fully saturated rings. The highest BCUT2D eigenvalue weighted by atomic mass is 15.1. The number of nitrogens with two attached hydrogens (primary N) is 1. The number of nitrogens with one attached hydrogen (secondary N) is 1. The largest absolute Gasteiger partial charge is 0.370 e. The van der Waals surface area contributed by atoms with E-state index in [1.54, 1.807) is 0 Å². The van der Waals surface area contributed by atoms with Crippen molar-refractivity contribution in [2.45, 2.75) is 33.2 Å². The standard InChI is InChI=1S/C15H23N5/c1-3-4-9-17-15(16)18-10-11-20-12(2)19-13-7-5-6-8-14(13)20/h5-8H,3-4,9-11H2,1-2H3,(H3,16,17,18). The van der Waals surface area contributed by atoms with Crippen molar-refractivity contribution in [3.63, 3.8) is 0 Å². The van der Waals surface area contributed by atoms with Gasteiger partial charge in [-0.1, -0.05) is 25.5 Å². The molecule has 20 heavy (non-hydrogen) atoms. The average Bonchev–Trinajstić information content (AvgIpc) is 2.75. The van der Waals surface area contributed by atoms with E-state index in [2.05, 4.69) is 32.9 Å². The van der Waals surface area contributed by atoms with E-state index in [-0.39, 0.29) is 0 Å². The molecule has 0 bridgehead atoms. The molecule has 1 aromatic heterocycles. The van der Waals surface area contributed by atoms with Gasteiger partial charge in [-0.3, -0.25) is 4.99 Å². The lowest BCUT2D eigenvalue weighted by Crippen LogP contribution is -2.34.